The Bertz CT molecular complexity index is 624. The lowest BCUT2D eigenvalue weighted by molar-refractivity contribution is 0.145. The van der Waals surface area contributed by atoms with Gasteiger partial charge >= 0.3 is 7.60 Å². The molecule has 0 aromatic rings. The first kappa shape index (κ1) is 24.3. The molecule has 0 N–H and O–H groups in total. The second-order valence-electron chi connectivity index (χ2n) is 6.87. The number of hydrogen-bond donors (Lipinski definition) is 0. The molecule has 0 rings (SSSR count). The van der Waals surface area contributed by atoms with E-state index in [2.05, 4.69) is 6.08 Å². The van der Waals surface area contributed by atoms with Gasteiger partial charge < -0.3 is 9.05 Å². The molecule has 0 bridgehead atoms. The minimum absolute atomic E-state index is 0.388. The topological polar surface area (TPSA) is 69.7 Å². The summed E-state index contributed by atoms with van der Waals surface area (Å²) in [6.07, 6.45) is 6.38. The van der Waals surface area contributed by atoms with Gasteiger partial charge in [-0.05, 0) is 61.3 Å². The molecule has 0 aliphatic rings. The van der Waals surface area contributed by atoms with Crippen molar-refractivity contribution in [2.24, 2.45) is 0 Å². The van der Waals surface area contributed by atoms with Gasteiger partial charge in [0.1, 0.15) is 0 Å². The van der Waals surface area contributed by atoms with Crippen molar-refractivity contribution in [1.82, 2.24) is 0 Å². The van der Waals surface area contributed by atoms with Gasteiger partial charge in [-0.25, -0.2) is 8.42 Å². The van der Waals surface area contributed by atoms with Crippen molar-refractivity contribution in [2.45, 2.75) is 73.5 Å². The lowest BCUT2D eigenvalue weighted by atomic mass is 10.1. The van der Waals surface area contributed by atoms with Crippen molar-refractivity contribution in [3.63, 3.8) is 0 Å². The molecule has 146 valence electrons. The highest BCUT2D eigenvalue weighted by Gasteiger charge is 2.33. The number of sulfone groups is 1. The number of rotatable bonds is 11. The molecule has 0 aromatic heterocycles. The molecule has 5 nitrogen and oxygen atoms in total. The Kier molecular flexibility index (Phi) is 10.8. The fourth-order valence-corrected chi connectivity index (χ4v) is 6.23. The molecule has 25 heavy (non-hydrogen) atoms. The van der Waals surface area contributed by atoms with Crippen molar-refractivity contribution in [3.8, 4) is 0 Å². The molecule has 0 aliphatic carbocycles. The van der Waals surface area contributed by atoms with Crippen molar-refractivity contribution >= 4 is 17.4 Å². The van der Waals surface area contributed by atoms with Crippen LogP contribution in [0.25, 0.3) is 0 Å². The quantitative estimate of drug-likeness (QED) is 0.260. The first-order valence-electron chi connectivity index (χ1n) is 8.51. The number of allylic oxidation sites excluding steroid dienone is 5. The third-order valence-electron chi connectivity index (χ3n) is 2.84. The molecule has 0 spiro atoms. The fourth-order valence-electron chi connectivity index (χ4n) is 1.99. The van der Waals surface area contributed by atoms with E-state index >= 15 is 0 Å². The molecule has 0 saturated heterocycles. The molecule has 0 atom stereocenters. The Morgan fingerprint density at radius 1 is 1.04 bits per heavy atom. The van der Waals surface area contributed by atoms with Crippen LogP contribution in [-0.2, 0) is 23.4 Å². The molecule has 0 saturated carbocycles. The van der Waals surface area contributed by atoms with E-state index in [9.17, 15) is 13.0 Å². The van der Waals surface area contributed by atoms with Crippen LogP contribution in [0, 0.1) is 0 Å². The van der Waals surface area contributed by atoms with Crippen LogP contribution in [0.3, 0.4) is 0 Å². The molecule has 0 unspecified atom stereocenters. The summed E-state index contributed by atoms with van der Waals surface area (Å²) in [6, 6.07) is 0. The van der Waals surface area contributed by atoms with E-state index in [0.29, 0.717) is 0 Å². The number of hydrogen-bond acceptors (Lipinski definition) is 5. The molecule has 0 aromatic carbocycles. The highest BCUT2D eigenvalue weighted by molar-refractivity contribution is 8.00. The summed E-state index contributed by atoms with van der Waals surface area (Å²) in [6.45, 7) is 12.8. The Morgan fingerprint density at radius 2 is 1.56 bits per heavy atom. The Labute approximate surface area is 153 Å². The summed E-state index contributed by atoms with van der Waals surface area (Å²) >= 11 is 0. The van der Waals surface area contributed by atoms with Gasteiger partial charge in [-0.1, -0.05) is 29.4 Å². The Balaban J connectivity index is 4.98. The van der Waals surface area contributed by atoms with E-state index in [-0.39, 0.29) is 12.2 Å². The van der Waals surface area contributed by atoms with Crippen LogP contribution in [0.5, 0.6) is 0 Å². The van der Waals surface area contributed by atoms with E-state index in [1.165, 1.54) is 11.6 Å². The van der Waals surface area contributed by atoms with Crippen LogP contribution < -0.4 is 0 Å². The maximum atomic E-state index is 12.7. The summed E-state index contributed by atoms with van der Waals surface area (Å²) < 4.78 is 47.7. The SMILES string of the molecule is CC(C)=CCC/C(C)=C/C=C/S(=O)(=O)CP(=O)(OC(C)C)OC(C)C. The van der Waals surface area contributed by atoms with Gasteiger partial charge in [-0.2, -0.15) is 0 Å². The smallest absolute Gasteiger partial charge is 0.305 e. The first-order valence-corrected chi connectivity index (χ1v) is 12.0. The normalized spacial score (nSPS) is 13.9. The van der Waals surface area contributed by atoms with E-state index in [0.717, 1.165) is 23.8 Å². The van der Waals surface area contributed by atoms with Crippen LogP contribution in [0.2, 0.25) is 0 Å². The average Bonchev–Trinajstić information content (AvgIpc) is 2.33. The fraction of sp³-hybridized carbons (Fsp3) is 0.667. The van der Waals surface area contributed by atoms with Crippen LogP contribution in [0.4, 0.5) is 0 Å². The van der Waals surface area contributed by atoms with Crippen LogP contribution in [-0.4, -0.2) is 26.1 Å². The van der Waals surface area contributed by atoms with Crippen molar-refractivity contribution in [1.29, 1.82) is 0 Å². The summed E-state index contributed by atoms with van der Waals surface area (Å²) in [5.74, 6) is 0. The van der Waals surface area contributed by atoms with Gasteiger partial charge in [-0.15, -0.1) is 0 Å². The standard InChI is InChI=1S/C18H33O5PS/c1-15(2)10-8-11-18(7)12-9-13-25(20,21)14-24(19,22-16(3)4)23-17(5)6/h9-10,12-13,16-17H,8,11,14H2,1-7H3/b13-9+,18-12+. The van der Waals surface area contributed by atoms with Gasteiger partial charge in [0.2, 0.25) is 0 Å². The Morgan fingerprint density at radius 3 is 2.00 bits per heavy atom. The maximum Gasteiger partial charge on any atom is 0.346 e. The predicted octanol–water partition coefficient (Wildman–Crippen LogP) is 5.61. The average molecular weight is 392 g/mol. The summed E-state index contributed by atoms with van der Waals surface area (Å²) in [7, 11) is -7.42. The summed E-state index contributed by atoms with van der Waals surface area (Å²) in [4.78, 5) is 0. The molecule has 0 fully saturated rings. The highest BCUT2D eigenvalue weighted by atomic mass is 32.2. The van der Waals surface area contributed by atoms with E-state index in [4.69, 9.17) is 9.05 Å². The Hall–Kier alpha value is -0.680. The molecule has 0 heterocycles. The van der Waals surface area contributed by atoms with Gasteiger partial charge in [0.25, 0.3) is 0 Å². The summed E-state index contributed by atoms with van der Waals surface area (Å²) in [5.41, 5.74) is 1.68. The van der Waals surface area contributed by atoms with E-state index < -0.39 is 22.9 Å². The van der Waals surface area contributed by atoms with Crippen molar-refractivity contribution < 1.29 is 22.0 Å². The van der Waals surface area contributed by atoms with Crippen LogP contribution in [0.1, 0.15) is 61.3 Å². The minimum Gasteiger partial charge on any atom is -0.305 e. The second kappa shape index (κ2) is 11.1. The zero-order valence-electron chi connectivity index (χ0n) is 16.5. The van der Waals surface area contributed by atoms with Crippen LogP contribution >= 0.6 is 7.60 Å². The van der Waals surface area contributed by atoms with E-state index in [1.54, 1.807) is 33.8 Å². The molecule has 0 radical (unpaired) electrons. The first-order chi connectivity index (χ1) is 11.4. The lowest BCUT2D eigenvalue weighted by Crippen LogP contribution is -2.14. The zero-order chi connectivity index (χ0) is 19.7. The third kappa shape index (κ3) is 13.2. The second-order valence-corrected chi connectivity index (χ2v) is 11.1. The zero-order valence-corrected chi connectivity index (χ0v) is 18.2. The van der Waals surface area contributed by atoms with Gasteiger partial charge in [0.15, 0.2) is 15.3 Å². The van der Waals surface area contributed by atoms with Gasteiger partial charge in [0.05, 0.1) is 12.2 Å². The molecular formula is C18H33O5PS. The van der Waals surface area contributed by atoms with Crippen molar-refractivity contribution in [3.05, 3.63) is 34.8 Å². The van der Waals surface area contributed by atoms with E-state index in [1.807, 2.05) is 20.8 Å². The van der Waals surface area contributed by atoms with Gasteiger partial charge in [0, 0.05) is 5.41 Å². The van der Waals surface area contributed by atoms with Crippen LogP contribution in [0.15, 0.2) is 34.8 Å². The molecule has 7 heteroatoms. The minimum atomic E-state index is -3.71. The van der Waals surface area contributed by atoms with Crippen molar-refractivity contribution in [2.75, 3.05) is 5.49 Å². The molecule has 0 aliphatic heterocycles. The largest absolute Gasteiger partial charge is 0.346 e. The maximum absolute atomic E-state index is 12.7. The van der Waals surface area contributed by atoms with Gasteiger partial charge in [-0.3, -0.25) is 4.57 Å². The monoisotopic (exact) mass is 392 g/mol. The summed E-state index contributed by atoms with van der Waals surface area (Å²) in [5, 5.41) is 1.07. The molecular weight excluding hydrogens is 359 g/mol. The lowest BCUT2D eigenvalue weighted by Gasteiger charge is -2.21. The third-order valence-corrected chi connectivity index (χ3v) is 7.60. The molecule has 0 amide bonds. The highest BCUT2D eigenvalue weighted by Crippen LogP contribution is 2.51. The predicted molar refractivity (Wildman–Crippen MR) is 105 cm³/mol.